The fourth-order valence-corrected chi connectivity index (χ4v) is 2.33. The molecule has 0 rings (SSSR count). The van der Waals surface area contributed by atoms with Crippen molar-refractivity contribution in [1.82, 2.24) is 0 Å². The molecular weight excluding hydrogens is 243 g/mol. The minimum absolute atomic E-state index is 0.516. The molecular formula is C11H25O3PS. The van der Waals surface area contributed by atoms with E-state index in [2.05, 4.69) is 19.6 Å². The van der Waals surface area contributed by atoms with Crippen molar-refractivity contribution in [3.8, 4) is 0 Å². The Morgan fingerprint density at radius 3 is 1.88 bits per heavy atom. The molecule has 1 unspecified atom stereocenters. The molecule has 0 aliphatic carbocycles. The lowest BCUT2D eigenvalue weighted by Gasteiger charge is -2.11. The van der Waals surface area contributed by atoms with E-state index in [-0.39, 0.29) is 0 Å². The summed E-state index contributed by atoms with van der Waals surface area (Å²) in [6.45, 7) is 2.20. The zero-order valence-electron chi connectivity index (χ0n) is 10.1. The second-order valence-corrected chi connectivity index (χ2v) is 7.17. The van der Waals surface area contributed by atoms with Crippen molar-refractivity contribution < 1.29 is 14.4 Å². The highest BCUT2D eigenvalue weighted by Crippen LogP contribution is 2.45. The van der Waals surface area contributed by atoms with Crippen LogP contribution in [0.25, 0.3) is 0 Å². The fourth-order valence-electron chi connectivity index (χ4n) is 1.63. The lowest BCUT2D eigenvalue weighted by atomic mass is 10.1. The van der Waals surface area contributed by atoms with E-state index in [0.29, 0.717) is 6.42 Å². The highest BCUT2D eigenvalue weighted by atomic mass is 32.1. The average Bonchev–Trinajstić information content (AvgIpc) is 2.20. The molecule has 5 heteroatoms. The van der Waals surface area contributed by atoms with Gasteiger partial charge in [0.2, 0.25) is 0 Å². The Morgan fingerprint density at radius 2 is 1.44 bits per heavy atom. The minimum atomic E-state index is -3.96. The van der Waals surface area contributed by atoms with Gasteiger partial charge in [-0.2, -0.15) is 12.6 Å². The topological polar surface area (TPSA) is 57.5 Å². The van der Waals surface area contributed by atoms with Gasteiger partial charge in [0, 0.05) is 0 Å². The predicted octanol–water partition coefficient (Wildman–Crippen LogP) is 3.95. The molecule has 16 heavy (non-hydrogen) atoms. The molecule has 0 radical (unpaired) electrons. The van der Waals surface area contributed by atoms with Gasteiger partial charge < -0.3 is 9.79 Å². The second kappa shape index (κ2) is 9.52. The van der Waals surface area contributed by atoms with E-state index in [4.69, 9.17) is 9.79 Å². The lowest BCUT2D eigenvalue weighted by molar-refractivity contribution is 0.366. The Labute approximate surface area is 105 Å². The van der Waals surface area contributed by atoms with Crippen LogP contribution in [-0.2, 0) is 4.57 Å². The Morgan fingerprint density at radius 1 is 1.00 bits per heavy atom. The number of thiol groups is 1. The van der Waals surface area contributed by atoms with Crippen molar-refractivity contribution in [1.29, 1.82) is 0 Å². The molecule has 0 aliphatic rings. The number of rotatable bonds is 10. The molecule has 0 heterocycles. The molecule has 0 saturated heterocycles. The summed E-state index contributed by atoms with van der Waals surface area (Å²) >= 11 is 3.92. The van der Waals surface area contributed by atoms with Gasteiger partial charge in [-0.25, -0.2) is 0 Å². The third kappa shape index (κ3) is 9.71. The van der Waals surface area contributed by atoms with Crippen LogP contribution in [0.2, 0.25) is 0 Å². The van der Waals surface area contributed by atoms with Crippen LogP contribution in [0.4, 0.5) is 0 Å². The van der Waals surface area contributed by atoms with Gasteiger partial charge in [-0.1, -0.05) is 58.3 Å². The third-order valence-electron chi connectivity index (χ3n) is 2.70. The van der Waals surface area contributed by atoms with E-state index in [1.165, 1.54) is 38.5 Å². The van der Waals surface area contributed by atoms with Crippen molar-refractivity contribution in [3.63, 3.8) is 0 Å². The maximum Gasteiger partial charge on any atom is 0.338 e. The van der Waals surface area contributed by atoms with E-state index in [9.17, 15) is 4.57 Å². The lowest BCUT2D eigenvalue weighted by Crippen LogP contribution is -1.99. The van der Waals surface area contributed by atoms with Gasteiger partial charge in [0.05, 0.1) is 0 Å². The maximum absolute atomic E-state index is 10.8. The highest BCUT2D eigenvalue weighted by molar-refractivity contribution is 7.89. The number of hydrogen-bond donors (Lipinski definition) is 3. The van der Waals surface area contributed by atoms with E-state index in [1.807, 2.05) is 0 Å². The molecule has 0 aromatic carbocycles. The van der Waals surface area contributed by atoms with Gasteiger partial charge in [-0.3, -0.25) is 4.57 Å². The van der Waals surface area contributed by atoms with Crippen LogP contribution in [0, 0.1) is 0 Å². The second-order valence-electron chi connectivity index (χ2n) is 4.33. The van der Waals surface area contributed by atoms with Crippen LogP contribution >= 0.6 is 20.2 Å². The summed E-state index contributed by atoms with van der Waals surface area (Å²) in [6, 6.07) is 0. The Hall–Kier alpha value is 0.500. The molecule has 0 fully saturated rings. The summed E-state index contributed by atoms with van der Waals surface area (Å²) in [6.07, 6.45) is 10.0. The van der Waals surface area contributed by atoms with Crippen LogP contribution in [0.3, 0.4) is 0 Å². The van der Waals surface area contributed by atoms with Crippen LogP contribution in [0.5, 0.6) is 0 Å². The molecule has 0 saturated carbocycles. The Bertz CT molecular complexity index is 205. The summed E-state index contributed by atoms with van der Waals surface area (Å²) in [5.41, 5.74) is 0. The standard InChI is InChI=1S/C11H25O3PS/c1-2-3-4-5-6-7-8-9-10-11(16)15(12,13)14/h11,16H,2-10H2,1H3,(H2,12,13,14). The Balaban J connectivity index is 3.24. The van der Waals surface area contributed by atoms with E-state index in [0.717, 1.165) is 12.8 Å². The van der Waals surface area contributed by atoms with Gasteiger partial charge in [-0.15, -0.1) is 0 Å². The molecule has 0 aliphatic heterocycles. The van der Waals surface area contributed by atoms with Crippen LogP contribution < -0.4 is 0 Å². The smallest absolute Gasteiger partial charge is 0.324 e. The van der Waals surface area contributed by atoms with Gasteiger partial charge in [0.1, 0.15) is 4.99 Å². The average molecular weight is 268 g/mol. The SMILES string of the molecule is CCCCCCCCCCC(S)P(=O)(O)O. The van der Waals surface area contributed by atoms with Gasteiger partial charge in [0.15, 0.2) is 0 Å². The van der Waals surface area contributed by atoms with Gasteiger partial charge in [0.25, 0.3) is 0 Å². The van der Waals surface area contributed by atoms with Crippen molar-refractivity contribution in [2.45, 2.75) is 69.7 Å². The van der Waals surface area contributed by atoms with Gasteiger partial charge in [-0.05, 0) is 6.42 Å². The van der Waals surface area contributed by atoms with Crippen molar-refractivity contribution >= 4 is 20.2 Å². The zero-order valence-corrected chi connectivity index (χ0v) is 11.9. The largest absolute Gasteiger partial charge is 0.338 e. The van der Waals surface area contributed by atoms with Crippen LogP contribution in [0.1, 0.15) is 64.7 Å². The predicted molar refractivity (Wildman–Crippen MR) is 72.0 cm³/mol. The normalized spacial score (nSPS) is 14.0. The first-order valence-corrected chi connectivity index (χ1v) is 8.41. The fraction of sp³-hybridized carbons (Fsp3) is 1.00. The van der Waals surface area contributed by atoms with Crippen molar-refractivity contribution in [2.75, 3.05) is 0 Å². The molecule has 98 valence electrons. The number of unbranched alkanes of at least 4 members (excludes halogenated alkanes) is 7. The summed E-state index contributed by atoms with van der Waals surface area (Å²) in [4.78, 5) is 16.9. The van der Waals surface area contributed by atoms with Gasteiger partial charge >= 0.3 is 7.60 Å². The highest BCUT2D eigenvalue weighted by Gasteiger charge is 2.23. The summed E-state index contributed by atoms with van der Waals surface area (Å²) in [5, 5.41) is 0. The molecule has 0 aromatic rings. The third-order valence-corrected chi connectivity index (χ3v) is 4.90. The minimum Gasteiger partial charge on any atom is -0.324 e. The molecule has 3 nitrogen and oxygen atoms in total. The van der Waals surface area contributed by atoms with Crippen LogP contribution in [-0.4, -0.2) is 14.8 Å². The molecule has 1 atom stereocenters. The molecule has 0 aromatic heterocycles. The molecule has 2 N–H and O–H groups in total. The summed E-state index contributed by atoms with van der Waals surface area (Å²) in [5.74, 6) is 0. The summed E-state index contributed by atoms with van der Waals surface area (Å²) in [7, 11) is -3.96. The van der Waals surface area contributed by atoms with E-state index < -0.39 is 12.6 Å². The van der Waals surface area contributed by atoms with E-state index >= 15 is 0 Å². The quantitative estimate of drug-likeness (QED) is 0.319. The number of hydrogen-bond acceptors (Lipinski definition) is 2. The molecule has 0 amide bonds. The Kier molecular flexibility index (Phi) is 9.82. The molecule has 0 spiro atoms. The first-order chi connectivity index (χ1) is 7.48. The van der Waals surface area contributed by atoms with Crippen molar-refractivity contribution in [3.05, 3.63) is 0 Å². The maximum atomic E-state index is 10.8. The van der Waals surface area contributed by atoms with E-state index in [1.54, 1.807) is 0 Å². The zero-order chi connectivity index (χ0) is 12.4. The first-order valence-electron chi connectivity index (χ1n) is 6.21. The first kappa shape index (κ1) is 16.5. The molecule has 0 bridgehead atoms. The van der Waals surface area contributed by atoms with Crippen LogP contribution in [0.15, 0.2) is 0 Å². The summed E-state index contributed by atoms with van der Waals surface area (Å²) < 4.78 is 10.8. The monoisotopic (exact) mass is 268 g/mol. The van der Waals surface area contributed by atoms with Crippen molar-refractivity contribution in [2.24, 2.45) is 0 Å².